The van der Waals surface area contributed by atoms with Crippen LogP contribution in [0.25, 0.3) is 0 Å². The molecule has 22 heteroatoms. The Morgan fingerprint density at radius 2 is 0.500 bits per heavy atom. The molecule has 0 radical (unpaired) electrons. The van der Waals surface area contributed by atoms with E-state index in [4.69, 9.17) is 54.2 Å². The lowest BCUT2D eigenvalue weighted by atomic mass is 10.0. The van der Waals surface area contributed by atoms with E-state index in [1.165, 1.54) is 32.1 Å². The largest absolute Gasteiger partial charge is 0.462 e. The highest BCUT2D eigenvalue weighted by atomic mass is 16.7. The van der Waals surface area contributed by atoms with Gasteiger partial charge in [-0.3, -0.25) is 59.4 Å². The molecule has 4 unspecified atom stereocenters. The Balaban J connectivity index is 5.03. The lowest BCUT2D eigenvalue weighted by molar-refractivity contribution is -0.167. The first-order chi connectivity index (χ1) is 45.5. The number of hydrogen-bond acceptors (Lipinski definition) is 22. The molecule has 0 spiro atoms. The minimum absolute atomic E-state index is 0.0993. The van der Waals surface area contributed by atoms with Crippen LogP contribution in [-0.4, -0.2) is 117 Å². The molecular formula is C72H129N3O19. The summed E-state index contributed by atoms with van der Waals surface area (Å²) in [7, 11) is 0. The second kappa shape index (κ2) is 65.1. The molecule has 0 aromatic carbocycles. The highest BCUT2D eigenvalue weighted by Gasteiger charge is 2.22. The van der Waals surface area contributed by atoms with Crippen LogP contribution in [0, 0.1) is 0 Å². The van der Waals surface area contributed by atoms with Crippen molar-refractivity contribution in [1.29, 1.82) is 0 Å². The number of ketones is 1. The summed E-state index contributed by atoms with van der Waals surface area (Å²) in [6, 6.07) is 0. The number of Topliss-reactive ketones (excluding diaryl/α,β-unsaturated/α-hetero) is 1. The van der Waals surface area contributed by atoms with Crippen LogP contribution in [0.3, 0.4) is 0 Å². The third kappa shape index (κ3) is 61.6. The molecule has 94 heavy (non-hydrogen) atoms. The Kier molecular flexibility index (Phi) is 61.5. The van der Waals surface area contributed by atoms with Crippen molar-refractivity contribution in [3.63, 3.8) is 0 Å². The van der Waals surface area contributed by atoms with E-state index in [2.05, 4.69) is 19.3 Å². The Bertz CT molecular complexity index is 1970. The normalized spacial score (nSPS) is 12.4. The topological polar surface area (TPSA) is 318 Å². The van der Waals surface area contributed by atoms with Gasteiger partial charge >= 0.3 is 53.7 Å². The quantitative estimate of drug-likeness (QED) is 0.0167. The van der Waals surface area contributed by atoms with Crippen LogP contribution in [0.15, 0.2) is 0 Å². The van der Waals surface area contributed by atoms with Gasteiger partial charge in [-0.15, -0.1) is 0 Å². The maximum Gasteiger partial charge on any atom is 0.324 e. The lowest BCUT2D eigenvalue weighted by Crippen LogP contribution is -2.30. The molecule has 0 aliphatic rings. The first kappa shape index (κ1) is 88.8. The average molecular weight is 1340 g/mol. The molecule has 0 saturated heterocycles. The number of unbranched alkanes of at least 4 members (excludes halogenated alkanes) is 27. The van der Waals surface area contributed by atoms with Crippen molar-refractivity contribution in [3.05, 3.63) is 0 Å². The molecule has 546 valence electrons. The maximum absolute atomic E-state index is 12.9. The molecule has 5 N–H and O–H groups in total. The summed E-state index contributed by atoms with van der Waals surface area (Å²) in [5.41, 5.74) is 14.2. The smallest absolute Gasteiger partial charge is 0.324 e. The van der Waals surface area contributed by atoms with Crippen LogP contribution < -0.4 is 16.9 Å². The average Bonchev–Trinajstić information content (AvgIpc) is 3.48. The molecular weight excluding hydrogens is 1210 g/mol. The number of esters is 8. The summed E-state index contributed by atoms with van der Waals surface area (Å²) in [6.07, 6.45) is 30.7. The third-order valence-corrected chi connectivity index (χ3v) is 15.8. The summed E-state index contributed by atoms with van der Waals surface area (Å²) in [4.78, 5) is 130. The first-order valence-corrected chi connectivity index (χ1v) is 36.9. The lowest BCUT2D eigenvalue weighted by Gasteiger charge is -2.18. The van der Waals surface area contributed by atoms with Crippen molar-refractivity contribution in [2.24, 2.45) is 11.5 Å². The van der Waals surface area contributed by atoms with E-state index in [0.29, 0.717) is 115 Å². The molecule has 4 atom stereocenters. The van der Waals surface area contributed by atoms with Gasteiger partial charge in [0.05, 0.1) is 0 Å². The Morgan fingerprint density at radius 1 is 0.266 bits per heavy atom. The summed E-state index contributed by atoms with van der Waals surface area (Å²) >= 11 is 0. The van der Waals surface area contributed by atoms with Gasteiger partial charge in [-0.25, -0.2) is 0 Å². The van der Waals surface area contributed by atoms with Crippen LogP contribution in [0.2, 0.25) is 0 Å². The second-order valence-corrected chi connectivity index (χ2v) is 25.1. The predicted molar refractivity (Wildman–Crippen MR) is 360 cm³/mol. The van der Waals surface area contributed by atoms with Crippen LogP contribution >= 0.6 is 0 Å². The van der Waals surface area contributed by atoms with Crippen LogP contribution in [0.4, 0.5) is 0 Å². The number of hydroxylamine groups is 1. The number of ether oxygens (including phenoxy) is 8. The number of nitrogens with one attached hydrogen (secondary N) is 1. The molecule has 0 aliphatic heterocycles. The van der Waals surface area contributed by atoms with Crippen LogP contribution in [0.5, 0.6) is 0 Å². The number of nitrogens with two attached hydrogens (primary N) is 2. The molecule has 0 aromatic rings. The van der Waals surface area contributed by atoms with Gasteiger partial charge in [0.15, 0.2) is 24.7 Å². The van der Waals surface area contributed by atoms with Crippen molar-refractivity contribution in [1.82, 2.24) is 5.48 Å². The molecule has 0 saturated carbocycles. The summed E-state index contributed by atoms with van der Waals surface area (Å²) < 4.78 is 43.6. The van der Waals surface area contributed by atoms with Crippen molar-refractivity contribution >= 4 is 59.5 Å². The Labute approximate surface area is 564 Å². The molecule has 0 amide bonds. The molecule has 0 aromatic heterocycles. The monoisotopic (exact) mass is 1340 g/mol. The number of carbonyl (C=O) groups excluding carboxylic acids is 10. The zero-order valence-corrected chi connectivity index (χ0v) is 58.9. The SMILES string of the molecule is CCCCCCCCCC(=O)CCCCCCCC(=O)OCC(COC(=O)CCCCCCCC(=O)OCC(COC(=O)CCCCCCCC(=O)OC(N)CCC)OC(=O)CCCCCCCC(=O)OC(N)CCC)OC(=O)CCCCCCCC(=O)ONCCCC. The highest BCUT2D eigenvalue weighted by Crippen LogP contribution is 2.17. The highest BCUT2D eigenvalue weighted by molar-refractivity contribution is 5.78. The summed E-state index contributed by atoms with van der Waals surface area (Å²) in [6.45, 7) is 7.70. The fourth-order valence-electron chi connectivity index (χ4n) is 10.1. The van der Waals surface area contributed by atoms with Gasteiger partial charge in [-0.05, 0) is 89.9 Å². The molecule has 0 rings (SSSR count). The first-order valence-electron chi connectivity index (χ1n) is 36.9. The minimum Gasteiger partial charge on any atom is -0.462 e. The third-order valence-electron chi connectivity index (χ3n) is 15.8. The van der Waals surface area contributed by atoms with Gasteiger partial charge in [-0.2, -0.15) is 5.48 Å². The Hall–Kier alpha value is -5.22. The van der Waals surface area contributed by atoms with E-state index < -0.39 is 60.5 Å². The van der Waals surface area contributed by atoms with Gasteiger partial charge in [0, 0.05) is 77.2 Å². The van der Waals surface area contributed by atoms with E-state index >= 15 is 0 Å². The predicted octanol–water partition coefficient (Wildman–Crippen LogP) is 14.5. The number of hydrogen-bond donors (Lipinski definition) is 3. The van der Waals surface area contributed by atoms with Gasteiger partial charge in [-0.1, -0.05) is 182 Å². The number of rotatable bonds is 68. The fraction of sp³-hybridized carbons (Fsp3) is 0.861. The molecule has 22 nitrogen and oxygen atoms in total. The van der Waals surface area contributed by atoms with Crippen molar-refractivity contribution < 1.29 is 90.7 Å². The number of carbonyl (C=O) groups is 10. The van der Waals surface area contributed by atoms with Crippen LogP contribution in [-0.2, 0) is 90.7 Å². The molecule has 0 bridgehead atoms. The van der Waals surface area contributed by atoms with E-state index in [1.54, 1.807) is 0 Å². The molecule has 0 fully saturated rings. The van der Waals surface area contributed by atoms with Gasteiger partial charge in [0.25, 0.3) is 0 Å². The summed E-state index contributed by atoms with van der Waals surface area (Å²) in [5, 5.41) is 0. The summed E-state index contributed by atoms with van der Waals surface area (Å²) in [5.74, 6) is -3.52. The van der Waals surface area contributed by atoms with E-state index in [-0.39, 0.29) is 95.7 Å². The van der Waals surface area contributed by atoms with Crippen molar-refractivity contribution in [3.8, 4) is 0 Å². The van der Waals surface area contributed by atoms with Crippen molar-refractivity contribution in [2.45, 2.75) is 367 Å². The van der Waals surface area contributed by atoms with E-state index in [0.717, 1.165) is 128 Å². The van der Waals surface area contributed by atoms with Gasteiger partial charge in [0.1, 0.15) is 32.2 Å². The second-order valence-electron chi connectivity index (χ2n) is 25.1. The standard InChI is InChI=1S/C72H129N3O19/c1-5-9-11-12-13-19-30-43-59(76)44-31-20-14-21-32-45-64(77)86-55-60(91-69(82)50-37-26-18-29-40-53-72(85)94-75-54-10-6-2)56-87-65(78)46-33-22-15-23-34-47-66(79)88-57-61(90-68(81)49-36-25-17-28-39-52-71(84)93-63(74)42-8-4)58-89-67(80)48-35-24-16-27-38-51-70(83)92-62(73)41-7-3/h60-63,75H,5-58,73-74H2,1-4H3. The zero-order valence-electron chi connectivity index (χ0n) is 58.9. The molecule has 0 aliphatic carbocycles. The maximum atomic E-state index is 12.9. The fourth-order valence-corrected chi connectivity index (χ4v) is 10.1. The van der Waals surface area contributed by atoms with Gasteiger partial charge in [0.2, 0.25) is 0 Å². The zero-order chi connectivity index (χ0) is 69.3. The minimum atomic E-state index is -1.01. The molecule has 0 heterocycles. The Morgan fingerprint density at radius 3 is 0.777 bits per heavy atom. The van der Waals surface area contributed by atoms with Gasteiger partial charge < -0.3 is 42.7 Å². The van der Waals surface area contributed by atoms with Crippen molar-refractivity contribution in [2.75, 3.05) is 33.0 Å². The van der Waals surface area contributed by atoms with Crippen LogP contribution in [0.1, 0.15) is 342 Å². The van der Waals surface area contributed by atoms with E-state index in [9.17, 15) is 47.9 Å². The van der Waals surface area contributed by atoms with E-state index in [1.807, 2.05) is 13.8 Å².